The highest BCUT2D eigenvalue weighted by Crippen LogP contribution is 2.46. The van der Waals surface area contributed by atoms with E-state index in [-0.39, 0.29) is 11.8 Å². The van der Waals surface area contributed by atoms with Gasteiger partial charge in [0.15, 0.2) is 11.6 Å². The maximum atomic E-state index is 14.0. The number of halogens is 3. The Kier molecular flexibility index (Phi) is 5.05. The molecule has 0 bridgehead atoms. The predicted octanol–water partition coefficient (Wildman–Crippen LogP) is 7.71. The quantitative estimate of drug-likeness (QED) is 0.205. The van der Waals surface area contributed by atoms with Gasteiger partial charge in [0.2, 0.25) is 0 Å². The fourth-order valence-electron chi connectivity index (χ4n) is 4.71. The van der Waals surface area contributed by atoms with Gasteiger partial charge >= 0.3 is 0 Å². The van der Waals surface area contributed by atoms with Gasteiger partial charge in [0.1, 0.15) is 6.04 Å². The van der Waals surface area contributed by atoms with E-state index in [0.717, 1.165) is 37.1 Å². The highest BCUT2D eigenvalue weighted by Gasteiger charge is 2.40. The Morgan fingerprint density at radius 3 is 2.39 bits per heavy atom. The van der Waals surface area contributed by atoms with E-state index in [2.05, 4.69) is 47.1 Å². The summed E-state index contributed by atoms with van der Waals surface area (Å²) in [5.41, 5.74) is 4.40. The lowest BCUT2D eigenvalue weighted by Gasteiger charge is -2.36. The van der Waals surface area contributed by atoms with Crippen LogP contribution >= 0.6 is 43.5 Å². The van der Waals surface area contributed by atoms with Crippen molar-refractivity contribution in [1.29, 1.82) is 0 Å². The van der Waals surface area contributed by atoms with Crippen LogP contribution in [0.5, 0.6) is 0 Å². The number of nitrogens with zero attached hydrogens (tertiary/aromatic N) is 3. The Labute approximate surface area is 212 Å². The van der Waals surface area contributed by atoms with E-state index < -0.39 is 6.04 Å². The maximum Gasteiger partial charge on any atom is 0.188 e. The number of fused-ring (bicyclic) bond motifs is 5. The van der Waals surface area contributed by atoms with Gasteiger partial charge in [-0.2, -0.15) is 0 Å². The van der Waals surface area contributed by atoms with Gasteiger partial charge in [-0.15, -0.1) is 0 Å². The number of rotatable bonds is 3. The molecule has 1 aliphatic rings. The second kappa shape index (κ2) is 7.97. The zero-order chi connectivity index (χ0) is 22.7. The summed E-state index contributed by atoms with van der Waals surface area (Å²) in [5, 5.41) is 0.657. The summed E-state index contributed by atoms with van der Waals surface area (Å²) in [6.07, 6.45) is 1.97. The van der Waals surface area contributed by atoms with Crippen LogP contribution in [0.1, 0.15) is 28.0 Å². The van der Waals surface area contributed by atoms with Crippen molar-refractivity contribution < 1.29 is 4.79 Å². The van der Waals surface area contributed by atoms with Crippen molar-refractivity contribution in [3.63, 3.8) is 0 Å². The predicted molar refractivity (Wildman–Crippen MR) is 138 cm³/mol. The molecule has 0 N–H and O–H groups in total. The first-order valence-electron chi connectivity index (χ1n) is 10.4. The number of Topliss-reactive ketones (excluding diaryl/α,β-unsaturated/α-hetero) is 1. The van der Waals surface area contributed by atoms with E-state index in [0.29, 0.717) is 10.6 Å². The van der Waals surface area contributed by atoms with Crippen molar-refractivity contribution in [3.05, 3.63) is 110 Å². The van der Waals surface area contributed by atoms with E-state index in [9.17, 15) is 4.79 Å². The fourth-order valence-corrected chi connectivity index (χ4v) is 5.49. The molecule has 0 saturated heterocycles. The molecule has 0 spiro atoms. The summed E-state index contributed by atoms with van der Waals surface area (Å²) < 4.78 is 6.11. The molecular formula is C26H16Br2ClN3O. The fraction of sp³-hybridized carbons (Fsp3) is 0.0769. The second-order valence-electron chi connectivity index (χ2n) is 8.03. The van der Waals surface area contributed by atoms with E-state index in [4.69, 9.17) is 16.6 Å². The summed E-state index contributed by atoms with van der Waals surface area (Å²) in [4.78, 5) is 19.0. The molecule has 3 heterocycles. The number of aromatic nitrogens is 3. The van der Waals surface area contributed by atoms with Crippen LogP contribution in [0.25, 0.3) is 22.6 Å². The lowest BCUT2D eigenvalue weighted by molar-refractivity contribution is 0.0895. The van der Waals surface area contributed by atoms with Gasteiger partial charge in [-0.25, -0.2) is 4.98 Å². The van der Waals surface area contributed by atoms with E-state index >= 15 is 0 Å². The third-order valence-electron chi connectivity index (χ3n) is 6.15. The number of imidazole rings is 1. The highest BCUT2D eigenvalue weighted by atomic mass is 79.9. The van der Waals surface area contributed by atoms with Crippen molar-refractivity contribution >= 4 is 60.3 Å². The monoisotopic (exact) mass is 579 g/mol. The molecule has 0 saturated carbocycles. The van der Waals surface area contributed by atoms with Crippen molar-refractivity contribution in [2.24, 2.45) is 0 Å². The van der Waals surface area contributed by atoms with Crippen LogP contribution in [0.4, 0.5) is 0 Å². The number of ketones is 1. The van der Waals surface area contributed by atoms with E-state index in [1.54, 1.807) is 0 Å². The smallest absolute Gasteiger partial charge is 0.188 e. The van der Waals surface area contributed by atoms with Crippen molar-refractivity contribution in [3.8, 4) is 11.5 Å². The van der Waals surface area contributed by atoms with E-state index in [1.165, 1.54) is 0 Å². The lowest BCUT2D eigenvalue weighted by atomic mass is 9.90. The zero-order valence-electron chi connectivity index (χ0n) is 17.1. The van der Waals surface area contributed by atoms with Gasteiger partial charge < -0.3 is 9.13 Å². The minimum Gasteiger partial charge on any atom is -0.332 e. The molecule has 5 aromatic rings. The molecule has 1 aliphatic heterocycles. The molecule has 6 rings (SSSR count). The molecule has 0 radical (unpaired) electrons. The average molecular weight is 582 g/mol. The lowest BCUT2D eigenvalue weighted by Crippen LogP contribution is -2.34. The first-order valence-corrected chi connectivity index (χ1v) is 12.4. The van der Waals surface area contributed by atoms with Crippen molar-refractivity contribution in [1.82, 2.24) is 14.1 Å². The molecule has 4 nitrogen and oxygen atoms in total. The molecule has 0 amide bonds. The van der Waals surface area contributed by atoms with Gasteiger partial charge in [0.05, 0.1) is 22.8 Å². The van der Waals surface area contributed by atoms with Crippen LogP contribution in [0.2, 0.25) is 5.02 Å². The van der Waals surface area contributed by atoms with Crippen LogP contribution in [-0.2, 0) is 0 Å². The van der Waals surface area contributed by atoms with Crippen LogP contribution in [-0.4, -0.2) is 19.9 Å². The van der Waals surface area contributed by atoms with Crippen molar-refractivity contribution in [2.45, 2.75) is 12.1 Å². The molecule has 2 atom stereocenters. The van der Waals surface area contributed by atoms with Crippen molar-refractivity contribution in [2.75, 3.05) is 0 Å². The molecule has 33 heavy (non-hydrogen) atoms. The van der Waals surface area contributed by atoms with E-state index in [1.807, 2.05) is 79.0 Å². The third-order valence-corrected chi connectivity index (χ3v) is 8.25. The Morgan fingerprint density at radius 1 is 0.909 bits per heavy atom. The largest absolute Gasteiger partial charge is 0.332 e. The number of hydrogen-bond donors (Lipinski definition) is 0. The molecule has 7 heteroatoms. The van der Waals surface area contributed by atoms with Crippen LogP contribution in [0.15, 0.2) is 94.0 Å². The molecule has 0 aliphatic carbocycles. The van der Waals surface area contributed by atoms with Gasteiger partial charge in [-0.1, -0.05) is 54.1 Å². The Hall–Kier alpha value is -2.67. The highest BCUT2D eigenvalue weighted by molar-refractivity contribution is 9.13. The standard InChI is InChI=1S/C26H16Br2ClN3O/c27-18-13-20-22(14-19(18)28)32-23(15-8-10-17(29)11-9-15)24(25(33)16-5-2-1-3-6-16)31-12-4-7-21(31)26(32)30-20/h1-14,23-24H/t23-,24+/m0/s1. The first kappa shape index (κ1) is 20.9. The summed E-state index contributed by atoms with van der Waals surface area (Å²) in [6, 6.07) is 24.5. The molecule has 162 valence electrons. The van der Waals surface area contributed by atoms with Gasteiger partial charge in [0.25, 0.3) is 0 Å². The normalized spacial score (nSPS) is 17.1. The second-order valence-corrected chi connectivity index (χ2v) is 10.2. The minimum atomic E-state index is -0.481. The first-order chi connectivity index (χ1) is 16.0. The minimum absolute atomic E-state index is 0.0525. The summed E-state index contributed by atoms with van der Waals surface area (Å²) in [7, 11) is 0. The number of carbonyl (C=O) groups is 1. The number of benzene rings is 3. The SMILES string of the molecule is O=C(c1ccccc1)[C@H]1[C@H](c2ccc(Cl)cc2)n2c(nc3cc(Br)c(Br)cc32)-c2cccn21. The summed E-state index contributed by atoms with van der Waals surface area (Å²) in [5.74, 6) is 0.883. The third kappa shape index (κ3) is 3.31. The van der Waals surface area contributed by atoms with Gasteiger partial charge in [-0.3, -0.25) is 4.79 Å². The van der Waals surface area contributed by atoms with Gasteiger partial charge in [-0.05, 0) is 73.8 Å². The molecule has 2 aromatic heterocycles. The number of hydrogen-bond acceptors (Lipinski definition) is 2. The average Bonchev–Trinajstić information content (AvgIpc) is 3.44. The summed E-state index contributed by atoms with van der Waals surface area (Å²) in [6.45, 7) is 0. The topological polar surface area (TPSA) is 39.8 Å². The molecule has 3 aromatic carbocycles. The molecular weight excluding hydrogens is 566 g/mol. The van der Waals surface area contributed by atoms with Crippen LogP contribution in [0, 0.1) is 0 Å². The van der Waals surface area contributed by atoms with Crippen LogP contribution < -0.4 is 0 Å². The molecule has 0 unspecified atom stereocenters. The summed E-state index contributed by atoms with van der Waals surface area (Å²) >= 11 is 13.5. The Bertz CT molecular complexity index is 1520. The Balaban J connectivity index is 1.68. The molecule has 0 fully saturated rings. The zero-order valence-corrected chi connectivity index (χ0v) is 21.0. The number of carbonyl (C=O) groups excluding carboxylic acids is 1. The van der Waals surface area contributed by atoms with Gasteiger partial charge in [0, 0.05) is 25.7 Å². The van der Waals surface area contributed by atoms with Crippen LogP contribution in [0.3, 0.4) is 0 Å². The maximum absolute atomic E-state index is 14.0. The Morgan fingerprint density at radius 2 is 1.64 bits per heavy atom.